The number of aliphatic carboxylic acids is 1. The second-order valence-corrected chi connectivity index (χ2v) is 7.09. The van der Waals surface area contributed by atoms with Crippen molar-refractivity contribution in [1.82, 2.24) is 4.90 Å². The van der Waals surface area contributed by atoms with Crippen molar-refractivity contribution < 1.29 is 19.5 Å². The molecule has 1 saturated heterocycles. The molecule has 1 unspecified atom stereocenters. The largest absolute Gasteiger partial charge is 0.481 e. The lowest BCUT2D eigenvalue weighted by Gasteiger charge is -2.21. The number of hydrogen-bond acceptors (Lipinski definition) is 3. The zero-order valence-electron chi connectivity index (χ0n) is 13.9. The molecule has 2 amide bonds. The van der Waals surface area contributed by atoms with Crippen LogP contribution in [-0.2, 0) is 9.59 Å². The lowest BCUT2D eigenvalue weighted by atomic mass is 9.90. The number of nitrogens with one attached hydrogen (secondary N) is 1. The predicted octanol–water partition coefficient (Wildman–Crippen LogP) is 2.87. The fourth-order valence-corrected chi connectivity index (χ4v) is 2.73. The molecule has 1 heterocycles. The molecule has 1 aromatic rings. The topological polar surface area (TPSA) is 86.7 Å². The van der Waals surface area contributed by atoms with Crippen molar-refractivity contribution in [1.29, 1.82) is 0 Å². The Hall–Kier alpha value is -2.08. The quantitative estimate of drug-likeness (QED) is 0.872. The molecule has 1 aliphatic heterocycles. The van der Waals surface area contributed by atoms with Gasteiger partial charge >= 0.3 is 5.97 Å². The number of carboxylic acid groups (broad SMARTS) is 1. The average molecular weight is 353 g/mol. The van der Waals surface area contributed by atoms with E-state index in [1.165, 1.54) is 11.0 Å². The Labute approximate surface area is 145 Å². The van der Waals surface area contributed by atoms with Gasteiger partial charge in [-0.05, 0) is 31.5 Å². The molecule has 130 valence electrons. The molecule has 1 atom stereocenters. The third kappa shape index (κ3) is 3.70. The highest BCUT2D eigenvalue weighted by Crippen LogP contribution is 2.32. The number of carbonyl (C=O) groups excluding carboxylic acids is 2. The Morgan fingerprint density at radius 2 is 2.00 bits per heavy atom. The molecule has 0 radical (unpaired) electrons. The van der Waals surface area contributed by atoms with Gasteiger partial charge in [-0.2, -0.15) is 0 Å². The second-order valence-electron chi connectivity index (χ2n) is 6.68. The van der Waals surface area contributed by atoms with Gasteiger partial charge in [0.1, 0.15) is 0 Å². The number of benzene rings is 1. The molecule has 0 saturated carbocycles. The summed E-state index contributed by atoms with van der Waals surface area (Å²) >= 11 is 6.13. The third-order valence-corrected chi connectivity index (χ3v) is 4.60. The van der Waals surface area contributed by atoms with E-state index in [0.717, 1.165) is 0 Å². The number of hydrogen-bond donors (Lipinski definition) is 2. The van der Waals surface area contributed by atoms with Crippen LogP contribution in [0.2, 0.25) is 5.02 Å². The first-order valence-corrected chi connectivity index (χ1v) is 8.15. The first-order chi connectivity index (χ1) is 11.1. The summed E-state index contributed by atoms with van der Waals surface area (Å²) < 4.78 is 0. The maximum atomic E-state index is 12.7. The Balaban J connectivity index is 2.21. The molecule has 0 spiro atoms. The summed E-state index contributed by atoms with van der Waals surface area (Å²) in [5.74, 6) is -1.59. The zero-order chi connectivity index (χ0) is 18.1. The van der Waals surface area contributed by atoms with E-state index < -0.39 is 11.4 Å². The maximum absolute atomic E-state index is 12.7. The Bertz CT molecular complexity index is 689. The molecule has 2 rings (SSSR count). The van der Waals surface area contributed by atoms with Gasteiger partial charge in [0, 0.05) is 24.7 Å². The molecule has 0 bridgehead atoms. The summed E-state index contributed by atoms with van der Waals surface area (Å²) in [4.78, 5) is 37.3. The summed E-state index contributed by atoms with van der Waals surface area (Å²) in [5, 5.41) is 12.3. The Kier molecular flexibility index (Phi) is 5.18. The lowest BCUT2D eigenvalue weighted by Crippen LogP contribution is -2.35. The number of amides is 2. The summed E-state index contributed by atoms with van der Waals surface area (Å²) in [5.41, 5.74) is -0.194. The van der Waals surface area contributed by atoms with E-state index in [9.17, 15) is 19.5 Å². The predicted molar refractivity (Wildman–Crippen MR) is 91.2 cm³/mol. The van der Waals surface area contributed by atoms with Crippen molar-refractivity contribution in [3.8, 4) is 0 Å². The fraction of sp³-hybridized carbons (Fsp3) is 0.471. The monoisotopic (exact) mass is 352 g/mol. The number of likely N-dealkylation sites (tertiary alicyclic amines) is 1. The highest BCUT2D eigenvalue weighted by atomic mass is 35.5. The van der Waals surface area contributed by atoms with Crippen molar-refractivity contribution in [2.75, 3.05) is 18.4 Å². The molecular formula is C17H21ClN2O4. The van der Waals surface area contributed by atoms with Gasteiger partial charge in [0.25, 0.3) is 5.91 Å². The normalized spacial score (nSPS) is 20.3. The molecule has 0 aliphatic carbocycles. The minimum Gasteiger partial charge on any atom is -0.481 e. The SMILES string of the molecule is CC(C)C(=O)Nc1ccc(Cl)c(C(=O)N2CCC(C)(C(=O)O)C2)c1. The minimum atomic E-state index is -0.939. The van der Waals surface area contributed by atoms with E-state index in [4.69, 9.17) is 11.6 Å². The first-order valence-electron chi connectivity index (χ1n) is 7.77. The van der Waals surface area contributed by atoms with Crippen molar-refractivity contribution in [2.45, 2.75) is 27.2 Å². The number of carbonyl (C=O) groups is 3. The van der Waals surface area contributed by atoms with Crippen molar-refractivity contribution in [2.24, 2.45) is 11.3 Å². The van der Waals surface area contributed by atoms with Crippen LogP contribution >= 0.6 is 11.6 Å². The molecule has 1 aliphatic rings. The fourth-order valence-electron chi connectivity index (χ4n) is 2.53. The van der Waals surface area contributed by atoms with Crippen LogP contribution in [0.3, 0.4) is 0 Å². The average Bonchev–Trinajstić information content (AvgIpc) is 2.92. The summed E-state index contributed by atoms with van der Waals surface area (Å²) in [6.45, 7) is 5.67. The van der Waals surface area contributed by atoms with E-state index >= 15 is 0 Å². The summed E-state index contributed by atoms with van der Waals surface area (Å²) in [6, 6.07) is 4.71. The van der Waals surface area contributed by atoms with Crippen molar-refractivity contribution >= 4 is 35.1 Å². The minimum absolute atomic E-state index is 0.139. The number of rotatable bonds is 4. The van der Waals surface area contributed by atoms with E-state index in [1.54, 1.807) is 32.9 Å². The Morgan fingerprint density at radius 1 is 1.33 bits per heavy atom. The molecule has 7 heteroatoms. The number of anilines is 1. The molecule has 0 aromatic heterocycles. The molecule has 1 fully saturated rings. The summed E-state index contributed by atoms with van der Waals surface area (Å²) in [6.07, 6.45) is 0.398. The van der Waals surface area contributed by atoms with Gasteiger partial charge in [0.15, 0.2) is 0 Å². The van der Waals surface area contributed by atoms with Crippen LogP contribution in [0.4, 0.5) is 5.69 Å². The van der Waals surface area contributed by atoms with E-state index in [2.05, 4.69) is 5.32 Å². The van der Waals surface area contributed by atoms with Gasteiger partial charge in [0.05, 0.1) is 16.0 Å². The maximum Gasteiger partial charge on any atom is 0.311 e. The van der Waals surface area contributed by atoms with Crippen LogP contribution in [0.15, 0.2) is 18.2 Å². The van der Waals surface area contributed by atoms with Crippen LogP contribution in [0, 0.1) is 11.3 Å². The van der Waals surface area contributed by atoms with Gasteiger partial charge in [-0.1, -0.05) is 25.4 Å². The van der Waals surface area contributed by atoms with Crippen molar-refractivity contribution in [3.05, 3.63) is 28.8 Å². The third-order valence-electron chi connectivity index (χ3n) is 4.27. The number of halogens is 1. The standard InChI is InChI=1S/C17H21ClN2O4/c1-10(2)14(21)19-11-4-5-13(18)12(8-11)15(22)20-7-6-17(3,9-20)16(23)24/h4-5,8,10H,6-7,9H2,1-3H3,(H,19,21)(H,23,24). The van der Waals surface area contributed by atoms with Crippen LogP contribution in [0.1, 0.15) is 37.6 Å². The van der Waals surface area contributed by atoms with Gasteiger partial charge in [-0.3, -0.25) is 14.4 Å². The van der Waals surface area contributed by atoms with Gasteiger partial charge in [-0.25, -0.2) is 0 Å². The Morgan fingerprint density at radius 3 is 2.54 bits per heavy atom. The lowest BCUT2D eigenvalue weighted by molar-refractivity contribution is -0.147. The first kappa shape index (κ1) is 18.3. The van der Waals surface area contributed by atoms with Crippen LogP contribution in [0.5, 0.6) is 0 Å². The number of carboxylic acids is 1. The van der Waals surface area contributed by atoms with Gasteiger partial charge in [-0.15, -0.1) is 0 Å². The molecule has 2 N–H and O–H groups in total. The molecule has 24 heavy (non-hydrogen) atoms. The zero-order valence-corrected chi connectivity index (χ0v) is 14.7. The van der Waals surface area contributed by atoms with E-state index in [-0.39, 0.29) is 34.9 Å². The number of nitrogens with zero attached hydrogens (tertiary/aromatic N) is 1. The van der Waals surface area contributed by atoms with E-state index in [0.29, 0.717) is 18.7 Å². The van der Waals surface area contributed by atoms with Gasteiger partial charge in [0.2, 0.25) is 5.91 Å². The second kappa shape index (κ2) is 6.81. The molecule has 1 aromatic carbocycles. The van der Waals surface area contributed by atoms with E-state index in [1.807, 2.05) is 0 Å². The van der Waals surface area contributed by atoms with Crippen LogP contribution < -0.4 is 5.32 Å². The summed E-state index contributed by atoms with van der Waals surface area (Å²) in [7, 11) is 0. The molecular weight excluding hydrogens is 332 g/mol. The van der Waals surface area contributed by atoms with Crippen LogP contribution in [-0.4, -0.2) is 40.9 Å². The van der Waals surface area contributed by atoms with Crippen molar-refractivity contribution in [3.63, 3.8) is 0 Å². The van der Waals surface area contributed by atoms with Crippen LogP contribution in [0.25, 0.3) is 0 Å². The molecule has 6 nitrogen and oxygen atoms in total. The highest BCUT2D eigenvalue weighted by molar-refractivity contribution is 6.34. The van der Waals surface area contributed by atoms with Gasteiger partial charge < -0.3 is 15.3 Å². The highest BCUT2D eigenvalue weighted by Gasteiger charge is 2.42. The smallest absolute Gasteiger partial charge is 0.311 e.